The molecule has 0 atom stereocenters. The van der Waals surface area contributed by atoms with Crippen LogP contribution in [0.25, 0.3) is 11.3 Å². The van der Waals surface area contributed by atoms with Crippen LogP contribution in [-0.4, -0.2) is 20.8 Å². The molecule has 0 bridgehead atoms. The van der Waals surface area contributed by atoms with Crippen LogP contribution in [0.15, 0.2) is 54.7 Å². The molecule has 0 saturated carbocycles. The summed E-state index contributed by atoms with van der Waals surface area (Å²) in [4.78, 5) is 5.04. The lowest BCUT2D eigenvalue weighted by Gasteiger charge is -2.22. The zero-order valence-electron chi connectivity index (χ0n) is 16.3. The molecule has 0 saturated heterocycles. The summed E-state index contributed by atoms with van der Waals surface area (Å²) in [5, 5.41) is 0. The lowest BCUT2D eigenvalue weighted by molar-refractivity contribution is -0.531. The van der Waals surface area contributed by atoms with Gasteiger partial charge < -0.3 is 0 Å². The highest BCUT2D eigenvalue weighted by Crippen LogP contribution is 2.32. The van der Waals surface area contributed by atoms with E-state index in [-0.39, 0.29) is 11.0 Å². The first-order valence-corrected chi connectivity index (χ1v) is 9.07. The van der Waals surface area contributed by atoms with E-state index in [9.17, 15) is 0 Å². The number of allylic oxidation sites excluding steroid dienone is 1. The Morgan fingerprint density at radius 2 is 1.52 bits per heavy atom. The molecule has 2 nitrogen and oxygen atoms in total. The molecule has 0 radical (unpaired) electrons. The van der Waals surface area contributed by atoms with Crippen LogP contribution >= 0.6 is 0 Å². The molecule has 0 unspecified atom stereocenters. The van der Waals surface area contributed by atoms with Crippen LogP contribution in [0.5, 0.6) is 0 Å². The van der Waals surface area contributed by atoms with Crippen molar-refractivity contribution in [1.82, 2.24) is 4.98 Å². The number of pyridine rings is 1. The predicted molar refractivity (Wildman–Crippen MR) is 106 cm³/mol. The maximum atomic E-state index is 5.04. The molecule has 0 N–H and O–H groups in total. The van der Waals surface area contributed by atoms with Crippen molar-refractivity contribution < 1.29 is 4.58 Å². The van der Waals surface area contributed by atoms with Gasteiger partial charge in [0.05, 0.1) is 12.1 Å². The smallest absolute Gasteiger partial charge is 0.211 e. The van der Waals surface area contributed by atoms with Crippen LogP contribution in [0.2, 0.25) is 0 Å². The number of nitrogens with zero attached hydrogens (tertiary/aromatic N) is 2. The first-order chi connectivity index (χ1) is 11.7. The summed E-state index contributed by atoms with van der Waals surface area (Å²) < 4.78 is 2.34. The van der Waals surface area contributed by atoms with Crippen molar-refractivity contribution in [2.45, 2.75) is 58.9 Å². The fourth-order valence-corrected chi connectivity index (χ4v) is 3.42. The van der Waals surface area contributed by atoms with Crippen molar-refractivity contribution >= 4 is 5.71 Å². The van der Waals surface area contributed by atoms with E-state index in [4.69, 9.17) is 4.98 Å². The molecule has 0 aliphatic carbocycles. The maximum absolute atomic E-state index is 5.04. The van der Waals surface area contributed by atoms with E-state index in [1.165, 1.54) is 16.8 Å². The molecule has 1 aliphatic heterocycles. The summed E-state index contributed by atoms with van der Waals surface area (Å²) in [6, 6.07) is 15.0. The van der Waals surface area contributed by atoms with E-state index >= 15 is 0 Å². The van der Waals surface area contributed by atoms with Gasteiger partial charge >= 0.3 is 0 Å². The quantitative estimate of drug-likeness (QED) is 0.657. The molecule has 3 rings (SSSR count). The monoisotopic (exact) mass is 333 g/mol. The van der Waals surface area contributed by atoms with E-state index in [1.807, 2.05) is 0 Å². The Morgan fingerprint density at radius 3 is 2.20 bits per heavy atom. The van der Waals surface area contributed by atoms with Crippen LogP contribution in [0, 0.1) is 0 Å². The van der Waals surface area contributed by atoms with Crippen molar-refractivity contribution in [3.8, 4) is 11.3 Å². The van der Waals surface area contributed by atoms with Crippen molar-refractivity contribution in [2.75, 3.05) is 0 Å². The summed E-state index contributed by atoms with van der Waals surface area (Å²) in [7, 11) is 0. The van der Waals surface area contributed by atoms with Crippen LogP contribution in [0.3, 0.4) is 0 Å². The summed E-state index contributed by atoms with van der Waals surface area (Å²) in [6.45, 7) is 13.5. The summed E-state index contributed by atoms with van der Waals surface area (Å²) >= 11 is 0. The molecule has 1 aromatic heterocycles. The second-order valence-corrected chi connectivity index (χ2v) is 8.78. The van der Waals surface area contributed by atoms with Crippen molar-refractivity contribution in [3.63, 3.8) is 0 Å². The average molecular weight is 333 g/mol. The largest absolute Gasteiger partial charge is 0.242 e. The van der Waals surface area contributed by atoms with E-state index in [0.717, 1.165) is 17.8 Å². The molecule has 25 heavy (non-hydrogen) atoms. The molecule has 1 aliphatic rings. The lowest BCUT2D eigenvalue weighted by atomic mass is 9.83. The lowest BCUT2D eigenvalue weighted by Crippen LogP contribution is -2.32. The highest BCUT2D eigenvalue weighted by molar-refractivity contribution is 5.97. The molecule has 0 amide bonds. The van der Waals surface area contributed by atoms with Gasteiger partial charge in [0.25, 0.3) is 0 Å². The average Bonchev–Trinajstić information content (AvgIpc) is 3.04. The van der Waals surface area contributed by atoms with Gasteiger partial charge in [-0.1, -0.05) is 51.1 Å². The molecule has 0 fully saturated rings. The number of hydrogen-bond donors (Lipinski definition) is 0. The van der Waals surface area contributed by atoms with Gasteiger partial charge in [-0.2, -0.15) is 4.58 Å². The highest BCUT2D eigenvalue weighted by atomic mass is 15.1. The first kappa shape index (κ1) is 17.6. The first-order valence-electron chi connectivity index (χ1n) is 9.07. The molecular formula is C23H29N2+. The van der Waals surface area contributed by atoms with Crippen LogP contribution < -0.4 is 0 Å². The Morgan fingerprint density at radius 1 is 0.840 bits per heavy atom. The minimum absolute atomic E-state index is 0.0589. The Bertz CT molecular complexity index is 843. The Labute approximate surface area is 151 Å². The third-order valence-electron chi connectivity index (χ3n) is 4.63. The van der Waals surface area contributed by atoms with Crippen molar-refractivity contribution in [1.29, 1.82) is 0 Å². The number of hydrogen-bond acceptors (Lipinski definition) is 1. The van der Waals surface area contributed by atoms with Gasteiger partial charge in [-0.05, 0) is 29.2 Å². The Hall–Kier alpha value is -2.22. The van der Waals surface area contributed by atoms with Gasteiger partial charge in [0.1, 0.15) is 5.69 Å². The molecule has 1 aromatic carbocycles. The second-order valence-electron chi connectivity index (χ2n) is 8.78. The summed E-state index contributed by atoms with van der Waals surface area (Å²) in [5.41, 5.74) is 6.12. The van der Waals surface area contributed by atoms with E-state index in [2.05, 4.69) is 101 Å². The van der Waals surface area contributed by atoms with Crippen molar-refractivity contribution in [2.24, 2.45) is 0 Å². The molecule has 2 aromatic rings. The van der Waals surface area contributed by atoms with Gasteiger partial charge in [-0.15, -0.1) is 0 Å². The molecule has 2 heterocycles. The van der Waals surface area contributed by atoms with Gasteiger partial charge in [-0.25, -0.2) is 4.98 Å². The predicted octanol–water partition coefficient (Wildman–Crippen LogP) is 5.56. The third-order valence-corrected chi connectivity index (χ3v) is 4.63. The van der Waals surface area contributed by atoms with Gasteiger partial charge in [0.15, 0.2) is 11.7 Å². The molecule has 0 spiro atoms. The van der Waals surface area contributed by atoms with Crippen LogP contribution in [0.4, 0.5) is 0 Å². The summed E-state index contributed by atoms with van der Waals surface area (Å²) in [5.74, 6) is 0. The fraction of sp³-hybridized carbons (Fsp3) is 0.391. The Kier molecular flexibility index (Phi) is 4.40. The maximum Gasteiger partial charge on any atom is 0.211 e. The number of benzene rings is 1. The number of aromatic nitrogens is 1. The zero-order chi connectivity index (χ0) is 18.2. The zero-order valence-corrected chi connectivity index (χ0v) is 16.3. The summed E-state index contributed by atoms with van der Waals surface area (Å²) in [6.07, 6.45) is 5.35. The van der Waals surface area contributed by atoms with E-state index < -0.39 is 0 Å². The van der Waals surface area contributed by atoms with Crippen LogP contribution in [-0.2, 0) is 5.41 Å². The second kappa shape index (κ2) is 6.25. The highest BCUT2D eigenvalue weighted by Gasteiger charge is 2.31. The topological polar surface area (TPSA) is 15.9 Å². The molecular weight excluding hydrogens is 304 g/mol. The SMILES string of the molecule is CC(C)(C)c1ccccc1-c1cccc(C2=[N+](C(C)(C)C)C=CC2)n1. The van der Waals surface area contributed by atoms with Gasteiger partial charge in [-0.3, -0.25) is 0 Å². The standard InChI is InChI=1S/C23H29N2/c1-22(2,3)18-12-8-7-11-17(18)19-13-9-14-20(24-19)21-15-10-16-25(21)23(4,5)6/h7-14,16H,15H2,1-6H3/q+1. The van der Waals surface area contributed by atoms with Gasteiger partial charge in [0, 0.05) is 26.3 Å². The normalized spacial score (nSPS) is 15.1. The van der Waals surface area contributed by atoms with Gasteiger partial charge in [0.2, 0.25) is 5.71 Å². The van der Waals surface area contributed by atoms with Crippen LogP contribution in [0.1, 0.15) is 59.2 Å². The minimum atomic E-state index is 0.0589. The van der Waals surface area contributed by atoms with Crippen molar-refractivity contribution in [3.05, 3.63) is 66.0 Å². The van der Waals surface area contributed by atoms with E-state index in [0.29, 0.717) is 0 Å². The molecule has 130 valence electrons. The van der Waals surface area contributed by atoms with E-state index in [1.54, 1.807) is 0 Å². The number of rotatable bonds is 2. The molecule has 2 heteroatoms. The Balaban J connectivity index is 2.11. The third kappa shape index (κ3) is 3.58. The fourth-order valence-electron chi connectivity index (χ4n) is 3.42. The minimum Gasteiger partial charge on any atom is -0.242 e.